The number of para-hydroxylation sites is 2. The van der Waals surface area contributed by atoms with E-state index in [4.69, 9.17) is 10.1 Å². The van der Waals surface area contributed by atoms with Crippen molar-refractivity contribution in [1.82, 2.24) is 9.55 Å². The van der Waals surface area contributed by atoms with Gasteiger partial charge < -0.3 is 9.67 Å². The minimum atomic E-state index is -0.804. The number of fused-ring (bicyclic) bond motifs is 1. The summed E-state index contributed by atoms with van der Waals surface area (Å²) >= 11 is 0. The van der Waals surface area contributed by atoms with Crippen LogP contribution in [0.1, 0.15) is 42.0 Å². The van der Waals surface area contributed by atoms with Gasteiger partial charge in [0.2, 0.25) is 0 Å². The molecule has 1 N–H and O–H groups in total. The van der Waals surface area contributed by atoms with Crippen molar-refractivity contribution in [2.24, 2.45) is 5.41 Å². The molecule has 3 rings (SSSR count). The van der Waals surface area contributed by atoms with Crippen molar-refractivity contribution in [3.63, 3.8) is 0 Å². The molecule has 0 saturated heterocycles. The summed E-state index contributed by atoms with van der Waals surface area (Å²) in [4.78, 5) is 26.8. The van der Waals surface area contributed by atoms with Crippen LogP contribution < -0.4 is 0 Å². The summed E-state index contributed by atoms with van der Waals surface area (Å²) in [6.45, 7) is 4.52. The Morgan fingerprint density at radius 1 is 1.15 bits per heavy atom. The average molecular weight is 350 g/mol. The summed E-state index contributed by atoms with van der Waals surface area (Å²) in [6, 6.07) is 15.4. The number of carbonyl (C=O) groups excluding carboxylic acids is 1. The van der Waals surface area contributed by atoms with Gasteiger partial charge in [-0.3, -0.25) is 9.59 Å². The van der Waals surface area contributed by atoms with Gasteiger partial charge in [0.1, 0.15) is 12.1 Å². The van der Waals surface area contributed by atoms with E-state index in [1.54, 1.807) is 12.1 Å². The second-order valence-electron chi connectivity index (χ2n) is 7.37. The van der Waals surface area contributed by atoms with E-state index in [0.717, 1.165) is 28.7 Å². The average Bonchev–Trinajstić information content (AvgIpc) is 2.91. The number of hydrogen-bond donors (Lipinski definition) is 1. The molecule has 0 spiro atoms. The van der Waals surface area contributed by atoms with Crippen molar-refractivity contribution in [3.8, 4) is 0 Å². The topological polar surface area (TPSA) is 72.2 Å². The van der Waals surface area contributed by atoms with Gasteiger partial charge in [0.05, 0.1) is 17.5 Å². The van der Waals surface area contributed by atoms with E-state index in [1.807, 2.05) is 50.2 Å². The highest BCUT2D eigenvalue weighted by atomic mass is 16.4. The van der Waals surface area contributed by atoms with Gasteiger partial charge in [-0.25, -0.2) is 4.98 Å². The molecule has 2 aromatic carbocycles. The van der Waals surface area contributed by atoms with Gasteiger partial charge in [0, 0.05) is 18.5 Å². The van der Waals surface area contributed by atoms with Crippen LogP contribution in [0.2, 0.25) is 0 Å². The molecule has 0 aliphatic heterocycles. The number of imidazole rings is 1. The Morgan fingerprint density at radius 3 is 2.50 bits per heavy atom. The highest BCUT2D eigenvalue weighted by Gasteiger charge is 2.25. The molecule has 0 radical (unpaired) electrons. The van der Waals surface area contributed by atoms with Gasteiger partial charge in [-0.2, -0.15) is 0 Å². The van der Waals surface area contributed by atoms with E-state index >= 15 is 0 Å². The molecule has 26 heavy (non-hydrogen) atoms. The number of rotatable bonds is 7. The lowest BCUT2D eigenvalue weighted by atomic mass is 9.85. The molecule has 5 nitrogen and oxygen atoms in total. The van der Waals surface area contributed by atoms with Crippen LogP contribution in [-0.4, -0.2) is 26.9 Å². The maximum atomic E-state index is 11.2. The Hall–Kier alpha value is -2.95. The van der Waals surface area contributed by atoms with Crippen LogP contribution in [0.4, 0.5) is 0 Å². The van der Waals surface area contributed by atoms with E-state index in [9.17, 15) is 9.59 Å². The predicted octanol–water partition coefficient (Wildman–Crippen LogP) is 3.94. The van der Waals surface area contributed by atoms with Crippen LogP contribution in [0.25, 0.3) is 11.0 Å². The molecular weight excluding hydrogens is 328 g/mol. The molecule has 0 amide bonds. The van der Waals surface area contributed by atoms with Gasteiger partial charge >= 0.3 is 5.97 Å². The first kappa shape index (κ1) is 17.9. The fourth-order valence-corrected chi connectivity index (χ4v) is 3.22. The largest absolute Gasteiger partial charge is 0.481 e. The molecule has 134 valence electrons. The van der Waals surface area contributed by atoms with Crippen LogP contribution in [0, 0.1) is 5.41 Å². The summed E-state index contributed by atoms with van der Waals surface area (Å²) in [5.41, 5.74) is 3.24. The minimum absolute atomic E-state index is 0.0875. The third kappa shape index (κ3) is 3.99. The monoisotopic (exact) mass is 350 g/mol. The number of aliphatic carboxylic acids is 1. The molecule has 0 bridgehead atoms. The van der Waals surface area contributed by atoms with Crippen molar-refractivity contribution in [1.29, 1.82) is 0 Å². The number of hydrogen-bond acceptors (Lipinski definition) is 3. The van der Waals surface area contributed by atoms with E-state index in [1.165, 1.54) is 0 Å². The summed E-state index contributed by atoms with van der Waals surface area (Å²) in [7, 11) is 0. The van der Waals surface area contributed by atoms with Gasteiger partial charge in [-0.1, -0.05) is 50.2 Å². The number of carbonyl (C=O) groups is 2. The Labute approximate surface area is 152 Å². The lowest BCUT2D eigenvalue weighted by Gasteiger charge is -2.22. The predicted molar refractivity (Wildman–Crippen MR) is 100 cm³/mol. The number of carboxylic acid groups (broad SMARTS) is 1. The van der Waals surface area contributed by atoms with Gasteiger partial charge in [-0.15, -0.1) is 0 Å². The Kier molecular flexibility index (Phi) is 4.89. The van der Waals surface area contributed by atoms with Crippen molar-refractivity contribution in [2.45, 2.75) is 33.2 Å². The van der Waals surface area contributed by atoms with Crippen molar-refractivity contribution < 1.29 is 14.7 Å². The van der Waals surface area contributed by atoms with Crippen LogP contribution in [0.5, 0.6) is 0 Å². The molecule has 1 aromatic heterocycles. The third-order valence-electron chi connectivity index (χ3n) is 4.46. The first-order valence-electron chi connectivity index (χ1n) is 8.58. The zero-order valence-corrected chi connectivity index (χ0v) is 15.0. The standard InChI is InChI=1S/C21H22N2O3/c1-21(2,12-20(25)26)11-19-22-17-5-3-4-6-18(17)23(19)13-15-7-9-16(14-24)10-8-15/h3-10,14H,11-13H2,1-2H3,(H,25,26). The smallest absolute Gasteiger partial charge is 0.303 e. The number of benzene rings is 2. The molecule has 0 fully saturated rings. The zero-order valence-electron chi connectivity index (χ0n) is 15.0. The number of carboxylic acids is 1. The fraction of sp³-hybridized carbons (Fsp3) is 0.286. The summed E-state index contributed by atoms with van der Waals surface area (Å²) in [5, 5.41) is 9.17. The van der Waals surface area contributed by atoms with Crippen LogP contribution in [-0.2, 0) is 17.8 Å². The Balaban J connectivity index is 1.98. The van der Waals surface area contributed by atoms with E-state index in [-0.39, 0.29) is 6.42 Å². The first-order chi connectivity index (χ1) is 12.4. The molecular formula is C21H22N2O3. The SMILES string of the molecule is CC(C)(CC(=O)O)Cc1nc2ccccc2n1Cc1ccc(C=O)cc1. The lowest BCUT2D eigenvalue weighted by molar-refractivity contribution is -0.139. The van der Waals surface area contributed by atoms with Crippen molar-refractivity contribution >= 4 is 23.3 Å². The quantitative estimate of drug-likeness (QED) is 0.655. The minimum Gasteiger partial charge on any atom is -0.481 e. The highest BCUT2D eigenvalue weighted by Crippen LogP contribution is 2.28. The first-order valence-corrected chi connectivity index (χ1v) is 8.58. The van der Waals surface area contributed by atoms with E-state index in [2.05, 4.69) is 4.57 Å². The molecule has 1 heterocycles. The van der Waals surface area contributed by atoms with Gasteiger partial charge in [0.15, 0.2) is 0 Å². The van der Waals surface area contributed by atoms with Crippen LogP contribution in [0.3, 0.4) is 0 Å². The molecule has 5 heteroatoms. The Bertz CT molecular complexity index is 940. The third-order valence-corrected chi connectivity index (χ3v) is 4.46. The second kappa shape index (κ2) is 7.12. The summed E-state index contributed by atoms with van der Waals surface area (Å²) in [6.07, 6.45) is 1.49. The number of aromatic nitrogens is 2. The van der Waals surface area contributed by atoms with Crippen LogP contribution >= 0.6 is 0 Å². The lowest BCUT2D eigenvalue weighted by Crippen LogP contribution is -2.22. The zero-order chi connectivity index (χ0) is 18.7. The highest BCUT2D eigenvalue weighted by molar-refractivity contribution is 5.76. The molecule has 0 saturated carbocycles. The van der Waals surface area contributed by atoms with Crippen LogP contribution in [0.15, 0.2) is 48.5 Å². The van der Waals surface area contributed by atoms with Gasteiger partial charge in [-0.05, 0) is 23.1 Å². The van der Waals surface area contributed by atoms with Crippen molar-refractivity contribution in [2.75, 3.05) is 0 Å². The normalized spacial score (nSPS) is 11.6. The Morgan fingerprint density at radius 2 is 1.85 bits per heavy atom. The van der Waals surface area contributed by atoms with Crippen molar-refractivity contribution in [3.05, 3.63) is 65.5 Å². The molecule has 0 unspecified atom stereocenters. The number of nitrogens with zero attached hydrogens (tertiary/aromatic N) is 2. The maximum absolute atomic E-state index is 11.2. The summed E-state index contributed by atoms with van der Waals surface area (Å²) in [5.74, 6) is 0.0685. The molecule has 0 aliphatic carbocycles. The second-order valence-corrected chi connectivity index (χ2v) is 7.37. The van der Waals surface area contributed by atoms with Gasteiger partial charge in [0.25, 0.3) is 0 Å². The maximum Gasteiger partial charge on any atom is 0.303 e. The molecule has 0 atom stereocenters. The fourth-order valence-electron chi connectivity index (χ4n) is 3.22. The molecule has 3 aromatic rings. The number of aldehydes is 1. The van der Waals surface area contributed by atoms with E-state index in [0.29, 0.717) is 18.5 Å². The van der Waals surface area contributed by atoms with E-state index < -0.39 is 11.4 Å². The summed E-state index contributed by atoms with van der Waals surface area (Å²) < 4.78 is 2.13. The molecule has 0 aliphatic rings.